The van der Waals surface area contributed by atoms with Crippen molar-refractivity contribution in [2.24, 2.45) is 7.05 Å². The van der Waals surface area contributed by atoms with Crippen LogP contribution in [0.25, 0.3) is 10.2 Å². The number of fused-ring (bicyclic) bond motifs is 1. The zero-order valence-corrected chi connectivity index (χ0v) is 17.5. The summed E-state index contributed by atoms with van der Waals surface area (Å²) in [4.78, 5) is 17.6. The van der Waals surface area contributed by atoms with Gasteiger partial charge in [0.1, 0.15) is 11.5 Å². The van der Waals surface area contributed by atoms with Crippen LogP contribution < -0.4 is 0 Å². The maximum atomic E-state index is 13.4. The highest BCUT2D eigenvalue weighted by Crippen LogP contribution is 2.25. The van der Waals surface area contributed by atoms with Crippen molar-refractivity contribution < 1.29 is 13.9 Å². The molecular formula is C22H26FN3O2S. The third-order valence-corrected chi connectivity index (χ3v) is 6.32. The van der Waals surface area contributed by atoms with Crippen LogP contribution >= 0.6 is 11.3 Å². The van der Waals surface area contributed by atoms with Gasteiger partial charge in [0.15, 0.2) is 0 Å². The normalized spacial score (nSPS) is 15.1. The van der Waals surface area contributed by atoms with Crippen molar-refractivity contribution in [1.29, 1.82) is 0 Å². The average molecular weight is 416 g/mol. The summed E-state index contributed by atoms with van der Waals surface area (Å²) in [7, 11) is 1.94. The molecule has 0 bridgehead atoms. The van der Waals surface area contributed by atoms with Crippen LogP contribution in [0.1, 0.15) is 22.5 Å². The van der Waals surface area contributed by atoms with Crippen LogP contribution in [0.15, 0.2) is 41.8 Å². The number of ether oxygens (including phenoxy) is 1. The Kier molecular flexibility index (Phi) is 6.28. The standard InChI is InChI=1S/C22H26FN3O2S/c1-24-19-7-14-29-21(19)15-20(24)22(27)26(16-17-3-5-18(23)6-4-17)9-2-8-25-10-12-28-13-11-25/h3-7,14-15H,2,8-13,16H2,1H3. The predicted molar refractivity (Wildman–Crippen MR) is 114 cm³/mol. The number of thiophene rings is 1. The molecule has 4 rings (SSSR count). The molecule has 0 N–H and O–H groups in total. The van der Waals surface area contributed by atoms with E-state index in [2.05, 4.69) is 4.90 Å². The third kappa shape index (κ3) is 4.69. The fraction of sp³-hybridized carbons (Fsp3) is 0.409. The van der Waals surface area contributed by atoms with E-state index >= 15 is 0 Å². The van der Waals surface area contributed by atoms with E-state index in [9.17, 15) is 9.18 Å². The van der Waals surface area contributed by atoms with E-state index in [-0.39, 0.29) is 11.7 Å². The number of rotatable bonds is 7. The number of hydrogen-bond donors (Lipinski definition) is 0. The van der Waals surface area contributed by atoms with Crippen LogP contribution in [0.2, 0.25) is 0 Å². The van der Waals surface area contributed by atoms with Crippen LogP contribution in [-0.4, -0.2) is 59.7 Å². The van der Waals surface area contributed by atoms with Gasteiger partial charge >= 0.3 is 0 Å². The molecule has 154 valence electrons. The first-order valence-electron chi connectivity index (χ1n) is 9.98. The molecule has 7 heteroatoms. The Morgan fingerprint density at radius 3 is 2.69 bits per heavy atom. The van der Waals surface area contributed by atoms with Crippen LogP contribution in [-0.2, 0) is 18.3 Å². The van der Waals surface area contributed by atoms with Gasteiger partial charge in [-0.15, -0.1) is 11.3 Å². The SMILES string of the molecule is Cn1c(C(=O)N(CCCN2CCOCC2)Cc2ccc(F)cc2)cc2sccc21. The molecule has 0 radical (unpaired) electrons. The van der Waals surface area contributed by atoms with Gasteiger partial charge < -0.3 is 14.2 Å². The van der Waals surface area contributed by atoms with E-state index in [1.54, 1.807) is 23.5 Å². The zero-order chi connectivity index (χ0) is 20.2. The molecule has 2 aromatic heterocycles. The molecule has 1 aliphatic heterocycles. The van der Waals surface area contributed by atoms with E-state index in [1.807, 2.05) is 34.0 Å². The molecule has 0 unspecified atom stereocenters. The molecule has 29 heavy (non-hydrogen) atoms. The first-order valence-corrected chi connectivity index (χ1v) is 10.9. The number of nitrogens with zero attached hydrogens (tertiary/aromatic N) is 3. The Morgan fingerprint density at radius 1 is 1.21 bits per heavy atom. The van der Waals surface area contributed by atoms with Gasteiger partial charge in [-0.05, 0) is 41.6 Å². The molecule has 1 fully saturated rings. The molecule has 3 heterocycles. The molecule has 0 saturated carbocycles. The van der Waals surface area contributed by atoms with E-state index < -0.39 is 0 Å². The monoisotopic (exact) mass is 415 g/mol. The van der Waals surface area contributed by atoms with Gasteiger partial charge in [0.2, 0.25) is 0 Å². The minimum Gasteiger partial charge on any atom is -0.379 e. The lowest BCUT2D eigenvalue weighted by atomic mass is 10.2. The number of halogens is 1. The first kappa shape index (κ1) is 20.1. The minimum atomic E-state index is -0.262. The highest BCUT2D eigenvalue weighted by atomic mass is 32.1. The number of aromatic nitrogens is 1. The lowest BCUT2D eigenvalue weighted by Gasteiger charge is -2.28. The van der Waals surface area contributed by atoms with Gasteiger partial charge in [-0.1, -0.05) is 12.1 Å². The quantitative estimate of drug-likeness (QED) is 0.590. The summed E-state index contributed by atoms with van der Waals surface area (Å²) in [5.41, 5.74) is 2.70. The Bertz CT molecular complexity index is 960. The number of amides is 1. The van der Waals surface area contributed by atoms with Crippen molar-refractivity contribution in [1.82, 2.24) is 14.4 Å². The Hall–Kier alpha value is -2.22. The largest absolute Gasteiger partial charge is 0.379 e. The molecule has 1 saturated heterocycles. The fourth-order valence-electron chi connectivity index (χ4n) is 3.79. The Balaban J connectivity index is 1.49. The van der Waals surface area contributed by atoms with Crippen molar-refractivity contribution in [3.8, 4) is 0 Å². The molecule has 0 atom stereocenters. The first-order chi connectivity index (χ1) is 14.1. The average Bonchev–Trinajstić information content (AvgIpc) is 3.32. The second kappa shape index (κ2) is 9.07. The summed E-state index contributed by atoms with van der Waals surface area (Å²) < 4.78 is 21.8. The maximum absolute atomic E-state index is 13.4. The second-order valence-corrected chi connectivity index (χ2v) is 8.37. The molecule has 1 aromatic carbocycles. The topological polar surface area (TPSA) is 37.7 Å². The lowest BCUT2D eigenvalue weighted by Crippen LogP contribution is -2.39. The molecule has 5 nitrogen and oxygen atoms in total. The Morgan fingerprint density at radius 2 is 1.97 bits per heavy atom. The van der Waals surface area contributed by atoms with Crippen LogP contribution in [0, 0.1) is 5.82 Å². The summed E-state index contributed by atoms with van der Waals surface area (Å²) >= 11 is 1.64. The van der Waals surface area contributed by atoms with Gasteiger partial charge in [-0.25, -0.2) is 4.39 Å². The van der Waals surface area contributed by atoms with Crippen LogP contribution in [0.3, 0.4) is 0 Å². The summed E-state index contributed by atoms with van der Waals surface area (Å²) in [5.74, 6) is -0.246. The van der Waals surface area contributed by atoms with Gasteiger partial charge in [-0.3, -0.25) is 9.69 Å². The number of carbonyl (C=O) groups excluding carboxylic acids is 1. The van der Waals surface area contributed by atoms with Crippen LogP contribution in [0.4, 0.5) is 4.39 Å². The van der Waals surface area contributed by atoms with E-state index in [1.165, 1.54) is 12.1 Å². The summed E-state index contributed by atoms with van der Waals surface area (Å²) in [5, 5.41) is 2.04. The van der Waals surface area contributed by atoms with Gasteiger partial charge in [0.05, 0.1) is 23.4 Å². The number of aryl methyl sites for hydroxylation is 1. The Labute approximate surface area is 174 Å². The van der Waals surface area contributed by atoms with Crippen molar-refractivity contribution in [3.05, 3.63) is 58.9 Å². The number of hydrogen-bond acceptors (Lipinski definition) is 4. The molecule has 1 aliphatic rings. The maximum Gasteiger partial charge on any atom is 0.270 e. The number of carbonyl (C=O) groups is 1. The molecular weight excluding hydrogens is 389 g/mol. The predicted octanol–water partition coefficient (Wildman–Crippen LogP) is 3.74. The van der Waals surface area contributed by atoms with Gasteiger partial charge in [-0.2, -0.15) is 0 Å². The van der Waals surface area contributed by atoms with E-state index in [4.69, 9.17) is 4.74 Å². The van der Waals surface area contributed by atoms with Crippen molar-refractivity contribution in [2.45, 2.75) is 13.0 Å². The highest BCUT2D eigenvalue weighted by molar-refractivity contribution is 7.17. The fourth-order valence-corrected chi connectivity index (χ4v) is 4.64. The number of benzene rings is 1. The summed E-state index contributed by atoms with van der Waals surface area (Å²) in [6, 6.07) is 10.4. The minimum absolute atomic E-state index is 0.0159. The van der Waals surface area contributed by atoms with Crippen molar-refractivity contribution in [2.75, 3.05) is 39.4 Å². The highest BCUT2D eigenvalue weighted by Gasteiger charge is 2.21. The number of morpholine rings is 1. The van der Waals surface area contributed by atoms with Crippen LogP contribution in [0.5, 0.6) is 0 Å². The zero-order valence-electron chi connectivity index (χ0n) is 16.6. The molecule has 3 aromatic rings. The third-order valence-electron chi connectivity index (χ3n) is 5.46. The lowest BCUT2D eigenvalue weighted by molar-refractivity contribution is 0.0355. The summed E-state index contributed by atoms with van der Waals surface area (Å²) in [6.07, 6.45) is 0.895. The van der Waals surface area contributed by atoms with Gasteiger partial charge in [0, 0.05) is 39.8 Å². The molecule has 0 spiro atoms. The van der Waals surface area contributed by atoms with Crippen molar-refractivity contribution >= 4 is 27.5 Å². The van der Waals surface area contributed by atoms with Crippen molar-refractivity contribution in [3.63, 3.8) is 0 Å². The van der Waals surface area contributed by atoms with E-state index in [0.717, 1.165) is 55.0 Å². The smallest absolute Gasteiger partial charge is 0.270 e. The second-order valence-electron chi connectivity index (χ2n) is 7.42. The van der Waals surface area contributed by atoms with E-state index in [0.29, 0.717) is 18.8 Å². The molecule has 0 aliphatic carbocycles. The summed E-state index contributed by atoms with van der Waals surface area (Å²) in [6.45, 7) is 5.52. The van der Waals surface area contributed by atoms with Gasteiger partial charge in [0.25, 0.3) is 5.91 Å². The molecule has 1 amide bonds.